The Hall–Kier alpha value is -2.41. The van der Waals surface area contributed by atoms with Crippen molar-refractivity contribution in [3.63, 3.8) is 0 Å². The maximum atomic E-state index is 5.85. The standard InChI is InChI=1S/C16H14N2O4S/c1-2-6-13-12(5-1)20-8-14(21-13)16-17-15(18-22-16)10-23-9-11-4-3-7-19-11/h1-7,14H,8-10H2. The minimum Gasteiger partial charge on any atom is -0.485 e. The zero-order valence-electron chi connectivity index (χ0n) is 12.2. The second-order valence-electron chi connectivity index (χ2n) is 4.99. The molecule has 7 heteroatoms. The van der Waals surface area contributed by atoms with E-state index in [0.29, 0.717) is 29.8 Å². The normalized spacial score (nSPS) is 16.4. The SMILES string of the molecule is c1coc(CSCc2noc(C3COc4ccccc4O3)n2)c1. The van der Waals surface area contributed by atoms with Gasteiger partial charge >= 0.3 is 0 Å². The summed E-state index contributed by atoms with van der Waals surface area (Å²) in [5.41, 5.74) is 0. The molecule has 0 bridgehead atoms. The molecule has 2 aromatic heterocycles. The van der Waals surface area contributed by atoms with Crippen LogP contribution in [0.2, 0.25) is 0 Å². The van der Waals surface area contributed by atoms with Gasteiger partial charge in [-0.05, 0) is 24.3 Å². The van der Waals surface area contributed by atoms with E-state index in [1.165, 1.54) is 0 Å². The van der Waals surface area contributed by atoms with Gasteiger partial charge in [0.1, 0.15) is 12.4 Å². The molecule has 0 radical (unpaired) electrons. The number of rotatable bonds is 5. The molecule has 118 valence electrons. The van der Waals surface area contributed by atoms with Crippen LogP contribution in [0.15, 0.2) is 51.6 Å². The number of furan rings is 1. The maximum absolute atomic E-state index is 5.85. The first-order valence-electron chi connectivity index (χ1n) is 7.19. The largest absolute Gasteiger partial charge is 0.485 e. The number of benzene rings is 1. The molecule has 6 nitrogen and oxygen atoms in total. The Morgan fingerprint density at radius 3 is 2.87 bits per heavy atom. The van der Waals surface area contributed by atoms with Gasteiger partial charge in [-0.3, -0.25) is 0 Å². The van der Waals surface area contributed by atoms with Gasteiger partial charge in [0.05, 0.1) is 17.8 Å². The Labute approximate surface area is 136 Å². The molecule has 1 aliphatic heterocycles. The average molecular weight is 330 g/mol. The van der Waals surface area contributed by atoms with Crippen molar-refractivity contribution in [2.45, 2.75) is 17.6 Å². The van der Waals surface area contributed by atoms with Crippen LogP contribution >= 0.6 is 11.8 Å². The van der Waals surface area contributed by atoms with E-state index in [2.05, 4.69) is 10.1 Å². The van der Waals surface area contributed by atoms with Crippen LogP contribution in [-0.2, 0) is 11.5 Å². The third kappa shape index (κ3) is 3.19. The molecular weight excluding hydrogens is 316 g/mol. The van der Waals surface area contributed by atoms with Crippen molar-refractivity contribution in [1.82, 2.24) is 10.1 Å². The van der Waals surface area contributed by atoms with Crippen LogP contribution < -0.4 is 9.47 Å². The monoisotopic (exact) mass is 330 g/mol. The Morgan fingerprint density at radius 2 is 2.00 bits per heavy atom. The van der Waals surface area contributed by atoms with E-state index in [0.717, 1.165) is 17.3 Å². The molecule has 0 aliphatic carbocycles. The topological polar surface area (TPSA) is 70.5 Å². The molecular formula is C16H14N2O4S. The lowest BCUT2D eigenvalue weighted by molar-refractivity contribution is 0.0665. The summed E-state index contributed by atoms with van der Waals surface area (Å²) in [4.78, 5) is 4.39. The third-order valence-corrected chi connectivity index (χ3v) is 4.27. The lowest BCUT2D eigenvalue weighted by Crippen LogP contribution is -2.21. The van der Waals surface area contributed by atoms with Gasteiger partial charge in [-0.15, -0.1) is 11.8 Å². The Kier molecular flexibility index (Phi) is 3.94. The van der Waals surface area contributed by atoms with Crippen LogP contribution in [0.4, 0.5) is 0 Å². The molecule has 0 saturated carbocycles. The molecule has 0 saturated heterocycles. The predicted molar refractivity (Wildman–Crippen MR) is 83.3 cm³/mol. The average Bonchev–Trinajstić information content (AvgIpc) is 3.26. The first kappa shape index (κ1) is 14.2. The molecule has 0 fully saturated rings. The van der Waals surface area contributed by atoms with Crippen molar-refractivity contribution in [2.24, 2.45) is 0 Å². The van der Waals surface area contributed by atoms with Crippen LogP contribution in [0.5, 0.6) is 11.5 Å². The highest BCUT2D eigenvalue weighted by molar-refractivity contribution is 7.97. The van der Waals surface area contributed by atoms with E-state index in [1.54, 1.807) is 18.0 Å². The summed E-state index contributed by atoms with van der Waals surface area (Å²) in [6.07, 6.45) is 1.29. The maximum Gasteiger partial charge on any atom is 0.271 e. The number of hydrogen-bond acceptors (Lipinski definition) is 7. The Bertz CT molecular complexity index is 772. The summed E-state index contributed by atoms with van der Waals surface area (Å²) in [6.45, 7) is 0.359. The molecule has 1 unspecified atom stereocenters. The number of para-hydroxylation sites is 2. The van der Waals surface area contributed by atoms with Crippen molar-refractivity contribution in [3.8, 4) is 11.5 Å². The predicted octanol–water partition coefficient (Wildman–Crippen LogP) is 3.61. The summed E-state index contributed by atoms with van der Waals surface area (Å²) >= 11 is 1.66. The van der Waals surface area contributed by atoms with Gasteiger partial charge in [0.25, 0.3) is 5.89 Å². The molecule has 1 aliphatic rings. The van der Waals surface area contributed by atoms with E-state index in [4.69, 9.17) is 18.4 Å². The summed E-state index contributed by atoms with van der Waals surface area (Å²) in [6, 6.07) is 11.4. The zero-order valence-corrected chi connectivity index (χ0v) is 13.0. The minimum atomic E-state index is -0.374. The van der Waals surface area contributed by atoms with E-state index < -0.39 is 0 Å². The van der Waals surface area contributed by atoms with Gasteiger partial charge in [0, 0.05) is 0 Å². The number of ether oxygens (including phenoxy) is 2. The Morgan fingerprint density at radius 1 is 1.09 bits per heavy atom. The highest BCUT2D eigenvalue weighted by Crippen LogP contribution is 2.35. The van der Waals surface area contributed by atoms with Crippen molar-refractivity contribution in [3.05, 3.63) is 60.1 Å². The first-order chi connectivity index (χ1) is 11.4. The lowest BCUT2D eigenvalue weighted by Gasteiger charge is -2.23. The highest BCUT2D eigenvalue weighted by Gasteiger charge is 2.27. The quantitative estimate of drug-likeness (QED) is 0.707. The van der Waals surface area contributed by atoms with Crippen molar-refractivity contribution >= 4 is 11.8 Å². The van der Waals surface area contributed by atoms with E-state index in [9.17, 15) is 0 Å². The second-order valence-corrected chi connectivity index (χ2v) is 5.97. The molecule has 0 amide bonds. The second kappa shape index (κ2) is 6.37. The minimum absolute atomic E-state index is 0.359. The molecule has 1 aromatic carbocycles. The summed E-state index contributed by atoms with van der Waals surface area (Å²) < 4.78 is 22.1. The molecule has 1 atom stereocenters. The fraction of sp³-hybridized carbons (Fsp3) is 0.250. The Balaban J connectivity index is 1.36. The molecule has 0 spiro atoms. The number of nitrogens with zero attached hydrogens (tertiary/aromatic N) is 2. The first-order valence-corrected chi connectivity index (χ1v) is 8.35. The fourth-order valence-electron chi connectivity index (χ4n) is 2.24. The summed E-state index contributed by atoms with van der Waals surface area (Å²) in [5, 5.41) is 3.99. The summed E-state index contributed by atoms with van der Waals surface area (Å²) in [5.74, 6) is 4.85. The highest BCUT2D eigenvalue weighted by atomic mass is 32.2. The van der Waals surface area contributed by atoms with Gasteiger partial charge in [0.15, 0.2) is 17.3 Å². The molecule has 3 heterocycles. The van der Waals surface area contributed by atoms with Crippen LogP contribution in [0.25, 0.3) is 0 Å². The van der Waals surface area contributed by atoms with Crippen molar-refractivity contribution in [1.29, 1.82) is 0 Å². The van der Waals surface area contributed by atoms with E-state index in [-0.39, 0.29) is 6.10 Å². The van der Waals surface area contributed by atoms with Crippen LogP contribution in [0, 0.1) is 0 Å². The lowest BCUT2D eigenvalue weighted by atomic mass is 10.2. The van der Waals surface area contributed by atoms with Crippen molar-refractivity contribution in [2.75, 3.05) is 6.61 Å². The summed E-state index contributed by atoms with van der Waals surface area (Å²) in [7, 11) is 0. The smallest absolute Gasteiger partial charge is 0.271 e. The fourth-order valence-corrected chi connectivity index (χ4v) is 3.00. The van der Waals surface area contributed by atoms with Gasteiger partial charge in [-0.1, -0.05) is 17.3 Å². The van der Waals surface area contributed by atoms with E-state index in [1.807, 2.05) is 36.4 Å². The van der Waals surface area contributed by atoms with Gasteiger partial charge in [-0.2, -0.15) is 4.98 Å². The van der Waals surface area contributed by atoms with Crippen LogP contribution in [-0.4, -0.2) is 16.7 Å². The van der Waals surface area contributed by atoms with Crippen LogP contribution in [0.3, 0.4) is 0 Å². The van der Waals surface area contributed by atoms with Gasteiger partial charge < -0.3 is 18.4 Å². The van der Waals surface area contributed by atoms with Gasteiger partial charge in [-0.25, -0.2) is 0 Å². The number of aromatic nitrogens is 2. The molecule has 4 rings (SSSR count). The van der Waals surface area contributed by atoms with E-state index >= 15 is 0 Å². The number of fused-ring (bicyclic) bond motifs is 1. The van der Waals surface area contributed by atoms with Crippen molar-refractivity contribution < 1.29 is 18.4 Å². The van der Waals surface area contributed by atoms with Gasteiger partial charge in [0.2, 0.25) is 6.10 Å². The van der Waals surface area contributed by atoms with Crippen LogP contribution in [0.1, 0.15) is 23.6 Å². The third-order valence-electron chi connectivity index (χ3n) is 3.32. The molecule has 0 N–H and O–H groups in total. The number of hydrogen-bond donors (Lipinski definition) is 0. The zero-order chi connectivity index (χ0) is 15.5. The number of thioether (sulfide) groups is 1. The molecule has 23 heavy (non-hydrogen) atoms. The molecule has 3 aromatic rings.